The molecule has 41 heavy (non-hydrogen) atoms. The summed E-state index contributed by atoms with van der Waals surface area (Å²) in [7, 11) is 4.85. The fraction of sp³-hybridized carbons (Fsp3) is 0.438. The van der Waals surface area contributed by atoms with Gasteiger partial charge in [-0.25, -0.2) is 0 Å². The van der Waals surface area contributed by atoms with E-state index in [0.29, 0.717) is 23.8 Å². The van der Waals surface area contributed by atoms with E-state index in [0.717, 1.165) is 47.8 Å². The van der Waals surface area contributed by atoms with Crippen molar-refractivity contribution in [2.75, 3.05) is 26.5 Å². The van der Waals surface area contributed by atoms with Crippen molar-refractivity contribution in [2.24, 2.45) is 5.92 Å². The van der Waals surface area contributed by atoms with E-state index < -0.39 is 18.0 Å². The highest BCUT2D eigenvalue weighted by molar-refractivity contribution is 6.03. The van der Waals surface area contributed by atoms with E-state index >= 15 is 0 Å². The third-order valence-electron chi connectivity index (χ3n) is 8.76. The van der Waals surface area contributed by atoms with Gasteiger partial charge in [0, 0.05) is 30.7 Å². The molecule has 1 saturated carbocycles. The number of likely N-dealkylation sites (N-methyl/N-ethyl adjacent to an activating group) is 2. The van der Waals surface area contributed by atoms with E-state index in [9.17, 15) is 19.6 Å². The molecule has 0 bridgehead atoms. The van der Waals surface area contributed by atoms with Gasteiger partial charge in [-0.2, -0.15) is 5.26 Å². The number of fused-ring (bicyclic) bond motifs is 2. The van der Waals surface area contributed by atoms with Crippen molar-refractivity contribution >= 4 is 34.3 Å². The molecule has 3 atom stereocenters. The summed E-state index contributed by atoms with van der Waals surface area (Å²) in [6.45, 7) is 0. The molecule has 2 N–H and O–H groups in total. The van der Waals surface area contributed by atoms with Gasteiger partial charge in [-0.15, -0.1) is 0 Å². The number of amides is 3. The van der Waals surface area contributed by atoms with E-state index in [4.69, 9.17) is 4.74 Å². The standard InChI is InChI=1S/C32H37N5O4/c1-36(21(19-33)17-23-22-12-7-8-13-25(22)35-30(23)38)32(40)28(16-20-10-5-4-6-11-20)37(2)31(39)27-18-24-26(34-27)14-9-15-29(24)41-3/h7-9,12-15,18,20-21,23,28,34H,4-6,10-11,16-17H2,1-3H3,(H,35,38)/t21-,23?,28-/m0/s1. The molecule has 3 aromatic rings. The van der Waals surface area contributed by atoms with Gasteiger partial charge >= 0.3 is 0 Å². The fourth-order valence-electron chi connectivity index (χ4n) is 6.33. The highest BCUT2D eigenvalue weighted by Gasteiger charge is 2.38. The molecule has 214 valence electrons. The minimum atomic E-state index is -0.834. The summed E-state index contributed by atoms with van der Waals surface area (Å²) in [6.07, 6.45) is 6.13. The topological polar surface area (TPSA) is 119 Å². The predicted molar refractivity (Wildman–Crippen MR) is 157 cm³/mol. The van der Waals surface area contributed by atoms with E-state index in [-0.39, 0.29) is 24.1 Å². The number of nitrogens with zero attached hydrogens (tertiary/aromatic N) is 3. The number of nitrogens with one attached hydrogen (secondary N) is 2. The van der Waals surface area contributed by atoms with Crippen LogP contribution in [-0.2, 0) is 9.59 Å². The molecule has 0 spiro atoms. The van der Waals surface area contributed by atoms with Gasteiger partial charge in [0.1, 0.15) is 23.5 Å². The lowest BCUT2D eigenvalue weighted by Gasteiger charge is -2.35. The lowest BCUT2D eigenvalue weighted by atomic mass is 9.84. The van der Waals surface area contributed by atoms with E-state index in [1.165, 1.54) is 16.2 Å². The van der Waals surface area contributed by atoms with Crippen LogP contribution in [0.5, 0.6) is 5.75 Å². The molecule has 1 unspecified atom stereocenters. The Bertz CT molecular complexity index is 1480. The minimum Gasteiger partial charge on any atom is -0.496 e. The maximum atomic E-state index is 14.1. The summed E-state index contributed by atoms with van der Waals surface area (Å²) < 4.78 is 5.46. The van der Waals surface area contributed by atoms with Crippen molar-refractivity contribution in [3.63, 3.8) is 0 Å². The second-order valence-electron chi connectivity index (χ2n) is 11.2. The normalized spacial score (nSPS) is 18.2. The number of carbonyl (C=O) groups excluding carboxylic acids is 3. The van der Waals surface area contributed by atoms with Gasteiger partial charge in [-0.05, 0) is 48.6 Å². The minimum absolute atomic E-state index is 0.174. The van der Waals surface area contributed by atoms with Gasteiger partial charge in [-0.1, -0.05) is 56.4 Å². The van der Waals surface area contributed by atoms with Crippen molar-refractivity contribution in [3.05, 3.63) is 59.8 Å². The molecule has 3 amide bonds. The Morgan fingerprint density at radius 1 is 1.05 bits per heavy atom. The Morgan fingerprint density at radius 3 is 2.54 bits per heavy atom. The molecule has 1 fully saturated rings. The fourth-order valence-corrected chi connectivity index (χ4v) is 6.33. The van der Waals surface area contributed by atoms with Crippen LogP contribution in [0.3, 0.4) is 0 Å². The lowest BCUT2D eigenvalue weighted by molar-refractivity contribution is -0.136. The van der Waals surface area contributed by atoms with Gasteiger partial charge in [0.2, 0.25) is 11.8 Å². The summed E-state index contributed by atoms with van der Waals surface area (Å²) >= 11 is 0. The summed E-state index contributed by atoms with van der Waals surface area (Å²) in [4.78, 5) is 46.8. The number of hydrogen-bond acceptors (Lipinski definition) is 5. The first kappa shape index (κ1) is 28.2. The van der Waals surface area contributed by atoms with Crippen LogP contribution < -0.4 is 10.1 Å². The van der Waals surface area contributed by atoms with Gasteiger partial charge in [0.15, 0.2) is 0 Å². The zero-order chi connectivity index (χ0) is 29.1. The number of ether oxygens (including phenoxy) is 1. The highest BCUT2D eigenvalue weighted by Crippen LogP contribution is 2.36. The molecule has 2 heterocycles. The molecule has 9 nitrogen and oxygen atoms in total. The third kappa shape index (κ3) is 5.64. The molecule has 5 rings (SSSR count). The van der Waals surface area contributed by atoms with E-state index in [2.05, 4.69) is 16.4 Å². The number of H-pyrrole nitrogens is 1. The summed E-state index contributed by atoms with van der Waals surface area (Å²) in [5.74, 6) is -0.320. The number of rotatable bonds is 9. The number of hydrogen-bond donors (Lipinski definition) is 2. The number of methoxy groups -OCH3 is 1. The van der Waals surface area contributed by atoms with Gasteiger partial charge in [0.05, 0.1) is 19.1 Å². The lowest BCUT2D eigenvalue weighted by Crippen LogP contribution is -2.52. The van der Waals surface area contributed by atoms with Crippen LogP contribution in [0.25, 0.3) is 10.9 Å². The first-order chi connectivity index (χ1) is 19.8. The molecule has 2 aliphatic rings. The molecule has 0 saturated heterocycles. The van der Waals surface area contributed by atoms with Crippen molar-refractivity contribution < 1.29 is 19.1 Å². The smallest absolute Gasteiger partial charge is 0.270 e. The maximum absolute atomic E-state index is 14.1. The molecule has 1 aromatic heterocycles. The molecular formula is C32H37N5O4. The monoisotopic (exact) mass is 555 g/mol. The number of para-hydroxylation sites is 1. The highest BCUT2D eigenvalue weighted by atomic mass is 16.5. The van der Waals surface area contributed by atoms with Crippen LogP contribution in [-0.4, -0.2) is 65.8 Å². The van der Waals surface area contributed by atoms with Gasteiger partial charge < -0.3 is 24.8 Å². The number of aromatic nitrogens is 1. The summed E-state index contributed by atoms with van der Waals surface area (Å²) in [6, 6.07) is 15.4. The molecule has 1 aliphatic heterocycles. The third-order valence-corrected chi connectivity index (χ3v) is 8.76. The summed E-state index contributed by atoms with van der Waals surface area (Å²) in [5.41, 5.74) is 2.71. The predicted octanol–water partition coefficient (Wildman–Crippen LogP) is 5.06. The van der Waals surface area contributed by atoms with Crippen molar-refractivity contribution in [3.8, 4) is 11.8 Å². The average Bonchev–Trinajstić information content (AvgIpc) is 3.58. The van der Waals surface area contributed by atoms with Crippen molar-refractivity contribution in [1.29, 1.82) is 5.26 Å². The van der Waals surface area contributed by atoms with Crippen LogP contribution in [0.2, 0.25) is 0 Å². The van der Waals surface area contributed by atoms with Crippen LogP contribution in [0, 0.1) is 17.2 Å². The second kappa shape index (κ2) is 12.0. The molecule has 9 heteroatoms. The van der Waals surface area contributed by atoms with Gasteiger partial charge in [0.25, 0.3) is 5.91 Å². The summed E-state index contributed by atoms with van der Waals surface area (Å²) in [5, 5.41) is 13.8. The molecule has 0 radical (unpaired) electrons. The zero-order valence-electron chi connectivity index (χ0n) is 23.9. The van der Waals surface area contributed by atoms with Crippen LogP contribution in [0.1, 0.15) is 66.9 Å². The Hall–Kier alpha value is -4.32. The van der Waals surface area contributed by atoms with Crippen LogP contribution in [0.4, 0.5) is 5.69 Å². The Balaban J connectivity index is 1.39. The number of carbonyl (C=O) groups is 3. The Morgan fingerprint density at radius 2 is 1.80 bits per heavy atom. The van der Waals surface area contributed by atoms with Crippen LogP contribution >= 0.6 is 0 Å². The zero-order valence-corrected chi connectivity index (χ0v) is 23.9. The van der Waals surface area contributed by atoms with Crippen molar-refractivity contribution in [1.82, 2.24) is 14.8 Å². The van der Waals surface area contributed by atoms with Crippen molar-refractivity contribution in [2.45, 2.75) is 62.9 Å². The molecule has 2 aromatic carbocycles. The Kier molecular flexibility index (Phi) is 8.29. The molecule has 1 aliphatic carbocycles. The first-order valence-electron chi connectivity index (χ1n) is 14.3. The SMILES string of the molecule is COc1cccc2[nH]c(C(=O)N(C)[C@@H](CC3CCCCC3)C(=O)N(C)[C@H](C#N)CC3C(=O)Nc4ccccc43)cc12. The average molecular weight is 556 g/mol. The van der Waals surface area contributed by atoms with Crippen LogP contribution in [0.15, 0.2) is 48.5 Å². The number of nitriles is 1. The number of anilines is 1. The number of aromatic amines is 1. The van der Waals surface area contributed by atoms with E-state index in [1.807, 2.05) is 42.5 Å². The Labute approximate surface area is 240 Å². The molecular weight excluding hydrogens is 518 g/mol. The van der Waals surface area contributed by atoms with Gasteiger partial charge in [-0.3, -0.25) is 14.4 Å². The second-order valence-corrected chi connectivity index (χ2v) is 11.2. The van der Waals surface area contributed by atoms with E-state index in [1.54, 1.807) is 27.3 Å². The number of benzene rings is 2. The quantitative estimate of drug-likeness (QED) is 0.382. The first-order valence-corrected chi connectivity index (χ1v) is 14.3. The largest absolute Gasteiger partial charge is 0.496 e. The maximum Gasteiger partial charge on any atom is 0.270 e.